The molecule has 0 aromatic heterocycles. The monoisotopic (exact) mass is 369 g/mol. The average molecular weight is 369 g/mol. The van der Waals surface area contributed by atoms with Crippen LogP contribution in [0.4, 0.5) is 5.69 Å². The number of hydrogen-bond acceptors (Lipinski definition) is 6. The van der Waals surface area contributed by atoms with Gasteiger partial charge in [0.15, 0.2) is 0 Å². The third kappa shape index (κ3) is 9.15. The van der Waals surface area contributed by atoms with E-state index < -0.39 is 5.97 Å². The van der Waals surface area contributed by atoms with Gasteiger partial charge in [0.2, 0.25) is 0 Å². The largest absolute Gasteiger partial charge is 0.481 e. The zero-order chi connectivity index (χ0) is 19.2. The van der Waals surface area contributed by atoms with Crippen molar-refractivity contribution in [2.75, 3.05) is 44.4 Å². The zero-order valence-electron chi connectivity index (χ0n) is 15.5. The minimum absolute atomic E-state index is 0.0920. The fourth-order valence-electron chi connectivity index (χ4n) is 2.54. The second-order valence-electron chi connectivity index (χ2n) is 6.03. The number of anilines is 1. The Balaban J connectivity index is 2.64. The van der Waals surface area contributed by atoms with E-state index in [1.54, 1.807) is 6.07 Å². The van der Waals surface area contributed by atoms with Gasteiger partial charge in [-0.05, 0) is 36.1 Å². The maximum Gasteiger partial charge on any atom is 0.303 e. The molecule has 0 aliphatic heterocycles. The fraction of sp³-hybridized carbons (Fsp3) is 0.632. The van der Waals surface area contributed by atoms with Crippen molar-refractivity contribution < 1.29 is 29.6 Å². The normalized spacial score (nSPS) is 10.9. The van der Waals surface area contributed by atoms with Crippen molar-refractivity contribution in [2.45, 2.75) is 39.4 Å². The van der Waals surface area contributed by atoms with Crippen molar-refractivity contribution in [1.29, 1.82) is 0 Å². The number of ether oxygens (including phenoxy) is 2. The molecule has 0 amide bonds. The topological polar surface area (TPSA) is 99.5 Å². The van der Waals surface area contributed by atoms with Crippen LogP contribution in [-0.4, -0.2) is 60.8 Å². The number of carbonyl (C=O) groups is 1. The average Bonchev–Trinajstić information content (AvgIpc) is 2.65. The van der Waals surface area contributed by atoms with E-state index in [9.17, 15) is 15.0 Å². The molecule has 7 nitrogen and oxygen atoms in total. The summed E-state index contributed by atoms with van der Waals surface area (Å²) in [5.41, 5.74) is 2.27. The number of aliphatic hydroxyl groups is 2. The molecule has 0 saturated heterocycles. The molecule has 0 fully saturated rings. The van der Waals surface area contributed by atoms with Crippen LogP contribution in [0.1, 0.15) is 37.3 Å². The van der Waals surface area contributed by atoms with E-state index in [0.29, 0.717) is 50.5 Å². The lowest BCUT2D eigenvalue weighted by molar-refractivity contribution is -0.137. The third-order valence-electron chi connectivity index (χ3n) is 3.81. The Morgan fingerprint density at radius 1 is 0.962 bits per heavy atom. The van der Waals surface area contributed by atoms with Crippen LogP contribution in [0.3, 0.4) is 0 Å². The molecule has 0 bridgehead atoms. The molecule has 0 atom stereocenters. The Morgan fingerprint density at radius 3 is 2.12 bits per heavy atom. The molecule has 1 aromatic carbocycles. The molecule has 1 rings (SSSR count). The Labute approximate surface area is 155 Å². The van der Waals surface area contributed by atoms with Crippen molar-refractivity contribution in [3.8, 4) is 0 Å². The fourth-order valence-corrected chi connectivity index (χ4v) is 2.54. The van der Waals surface area contributed by atoms with Crippen molar-refractivity contribution in [2.24, 2.45) is 0 Å². The number of aliphatic hydroxyl groups excluding tert-OH is 2. The Morgan fingerprint density at radius 2 is 1.58 bits per heavy atom. The second kappa shape index (κ2) is 13.5. The maximum atomic E-state index is 10.8. The van der Waals surface area contributed by atoms with Crippen molar-refractivity contribution in [3.63, 3.8) is 0 Å². The van der Waals surface area contributed by atoms with Gasteiger partial charge >= 0.3 is 5.97 Å². The summed E-state index contributed by atoms with van der Waals surface area (Å²) < 4.78 is 11.0. The number of benzene rings is 1. The predicted molar refractivity (Wildman–Crippen MR) is 99.3 cm³/mol. The van der Waals surface area contributed by atoms with Crippen molar-refractivity contribution in [3.05, 3.63) is 29.3 Å². The molecule has 0 aliphatic rings. The number of hydrogen-bond donors (Lipinski definition) is 3. The number of aliphatic carboxylic acids is 1. The maximum absolute atomic E-state index is 10.8. The summed E-state index contributed by atoms with van der Waals surface area (Å²) in [6.45, 7) is 5.25. The molecule has 0 aliphatic carbocycles. The molecular formula is C19H31NO6. The molecule has 0 radical (unpaired) electrons. The van der Waals surface area contributed by atoms with Crippen molar-refractivity contribution >= 4 is 11.7 Å². The van der Waals surface area contributed by atoms with Crippen LogP contribution in [-0.2, 0) is 27.5 Å². The van der Waals surface area contributed by atoms with Crippen LogP contribution in [0.25, 0.3) is 0 Å². The van der Waals surface area contributed by atoms with Gasteiger partial charge in [0.1, 0.15) is 0 Å². The Kier molecular flexibility index (Phi) is 11.6. The first-order chi connectivity index (χ1) is 12.6. The summed E-state index contributed by atoms with van der Waals surface area (Å²) in [5, 5.41) is 27.7. The van der Waals surface area contributed by atoms with Crippen LogP contribution in [0.15, 0.2) is 18.2 Å². The van der Waals surface area contributed by atoms with Gasteiger partial charge in [-0.3, -0.25) is 4.79 Å². The standard InChI is InChI=1S/C19H31NO6/c1-2-7-25-9-10-26-8-6-20(5-3-4-19(23)24)18-12-16(14-21)11-17(13-18)15-22/h11-13,21-22H,2-10,14-15H2,1H3,(H,23,24). The lowest BCUT2D eigenvalue weighted by atomic mass is 10.1. The number of rotatable bonds is 15. The van der Waals surface area contributed by atoms with Crippen molar-refractivity contribution in [1.82, 2.24) is 0 Å². The molecule has 1 aromatic rings. The quantitative estimate of drug-likeness (QED) is 0.405. The van der Waals surface area contributed by atoms with Crippen LogP contribution < -0.4 is 4.90 Å². The molecule has 26 heavy (non-hydrogen) atoms. The summed E-state index contributed by atoms with van der Waals surface area (Å²) in [6.07, 6.45) is 1.58. The molecule has 0 saturated carbocycles. The van der Waals surface area contributed by atoms with Crippen LogP contribution in [0.5, 0.6) is 0 Å². The van der Waals surface area contributed by atoms with Crippen LogP contribution in [0, 0.1) is 0 Å². The number of carboxylic acids is 1. The van der Waals surface area contributed by atoms with Gasteiger partial charge < -0.3 is 29.7 Å². The van der Waals surface area contributed by atoms with Gasteiger partial charge in [0.05, 0.1) is 33.0 Å². The molecule has 7 heteroatoms. The lowest BCUT2D eigenvalue weighted by Crippen LogP contribution is -2.29. The predicted octanol–water partition coefficient (Wildman–Crippen LogP) is 1.79. The molecule has 148 valence electrons. The smallest absolute Gasteiger partial charge is 0.303 e. The molecule has 3 N–H and O–H groups in total. The summed E-state index contributed by atoms with van der Waals surface area (Å²) >= 11 is 0. The Hall–Kier alpha value is -1.67. The van der Waals surface area contributed by atoms with E-state index in [1.807, 2.05) is 17.0 Å². The highest BCUT2D eigenvalue weighted by atomic mass is 16.5. The highest BCUT2D eigenvalue weighted by molar-refractivity contribution is 5.66. The first-order valence-electron chi connectivity index (χ1n) is 9.07. The Bertz CT molecular complexity index is 501. The summed E-state index contributed by atoms with van der Waals surface area (Å²) in [6, 6.07) is 5.45. The van der Waals surface area contributed by atoms with Gasteiger partial charge in [-0.1, -0.05) is 13.0 Å². The lowest BCUT2D eigenvalue weighted by Gasteiger charge is -2.26. The number of nitrogens with zero attached hydrogens (tertiary/aromatic N) is 1. The van der Waals surface area contributed by atoms with E-state index in [1.165, 1.54) is 0 Å². The van der Waals surface area contributed by atoms with Crippen LogP contribution >= 0.6 is 0 Å². The molecule has 0 heterocycles. The van der Waals surface area contributed by atoms with E-state index in [0.717, 1.165) is 18.7 Å². The highest BCUT2D eigenvalue weighted by Gasteiger charge is 2.10. The first kappa shape index (κ1) is 22.4. The first-order valence-corrected chi connectivity index (χ1v) is 9.07. The van der Waals surface area contributed by atoms with E-state index in [4.69, 9.17) is 14.6 Å². The minimum atomic E-state index is -0.825. The van der Waals surface area contributed by atoms with E-state index >= 15 is 0 Å². The van der Waals surface area contributed by atoms with Gasteiger partial charge in [0, 0.05) is 31.8 Å². The molecular weight excluding hydrogens is 338 g/mol. The molecule has 0 spiro atoms. The van der Waals surface area contributed by atoms with Gasteiger partial charge in [-0.15, -0.1) is 0 Å². The van der Waals surface area contributed by atoms with E-state index in [2.05, 4.69) is 6.92 Å². The minimum Gasteiger partial charge on any atom is -0.481 e. The van der Waals surface area contributed by atoms with Gasteiger partial charge in [0.25, 0.3) is 0 Å². The highest BCUT2D eigenvalue weighted by Crippen LogP contribution is 2.20. The SMILES string of the molecule is CCCOCCOCCN(CCCC(=O)O)c1cc(CO)cc(CO)c1. The third-order valence-corrected chi connectivity index (χ3v) is 3.81. The van der Waals surface area contributed by atoms with E-state index in [-0.39, 0.29) is 19.6 Å². The summed E-state index contributed by atoms with van der Waals surface area (Å²) in [7, 11) is 0. The van der Waals surface area contributed by atoms with Crippen LogP contribution in [0.2, 0.25) is 0 Å². The summed E-state index contributed by atoms with van der Waals surface area (Å²) in [4.78, 5) is 12.8. The van der Waals surface area contributed by atoms with Gasteiger partial charge in [-0.2, -0.15) is 0 Å². The zero-order valence-corrected chi connectivity index (χ0v) is 15.5. The summed E-state index contributed by atoms with van der Waals surface area (Å²) in [5.74, 6) is -0.825. The second-order valence-corrected chi connectivity index (χ2v) is 6.03. The van der Waals surface area contributed by atoms with Gasteiger partial charge in [-0.25, -0.2) is 0 Å². The number of carboxylic acid groups (broad SMARTS) is 1. The molecule has 0 unspecified atom stereocenters.